The molecule has 0 saturated heterocycles. The minimum absolute atomic E-state index is 0.0519. The van der Waals surface area contributed by atoms with E-state index in [0.717, 1.165) is 16.5 Å². The van der Waals surface area contributed by atoms with Gasteiger partial charge in [-0.3, -0.25) is 14.5 Å². The Balaban J connectivity index is 1.67. The number of aliphatic hydroxyl groups excluding tert-OH is 1. The van der Waals surface area contributed by atoms with Crippen LogP contribution < -0.4 is 4.90 Å². The van der Waals surface area contributed by atoms with Gasteiger partial charge in [0.25, 0.3) is 5.91 Å². The fraction of sp³-hybridized carbons (Fsp3) is 0.154. The lowest BCUT2D eigenvalue weighted by Gasteiger charge is -2.25. The fourth-order valence-electron chi connectivity index (χ4n) is 4.29. The van der Waals surface area contributed by atoms with Crippen LogP contribution in [0.3, 0.4) is 0 Å². The standard InChI is InChI=1S/C26H21NO5/c1-14-10-15(2)12-18(11-14)27-23(20-9-8-16(3)31-20)22(25(29)26(27)30)24(28)21-13-17-6-4-5-7-19(17)32-21/h4-13,23,29H,1-3H3. The van der Waals surface area contributed by atoms with Crippen molar-refractivity contribution < 1.29 is 23.5 Å². The predicted octanol–water partition coefficient (Wildman–Crippen LogP) is 5.73. The van der Waals surface area contributed by atoms with E-state index in [2.05, 4.69) is 0 Å². The molecule has 6 heteroatoms. The Hall–Kier alpha value is -4.06. The molecule has 1 unspecified atom stereocenters. The van der Waals surface area contributed by atoms with Crippen LogP contribution in [-0.2, 0) is 4.79 Å². The van der Waals surface area contributed by atoms with Crippen molar-refractivity contribution >= 4 is 28.3 Å². The molecule has 1 atom stereocenters. The quantitative estimate of drug-likeness (QED) is 0.420. The topological polar surface area (TPSA) is 83.9 Å². The number of carbonyl (C=O) groups excluding carboxylic acids is 2. The van der Waals surface area contributed by atoms with E-state index in [0.29, 0.717) is 22.8 Å². The number of furan rings is 2. The van der Waals surface area contributed by atoms with Gasteiger partial charge in [-0.1, -0.05) is 24.3 Å². The van der Waals surface area contributed by atoms with Crippen LogP contribution in [0.5, 0.6) is 0 Å². The Bertz CT molecular complexity index is 1370. The summed E-state index contributed by atoms with van der Waals surface area (Å²) in [4.78, 5) is 28.2. The van der Waals surface area contributed by atoms with Gasteiger partial charge in [0.2, 0.25) is 5.78 Å². The molecule has 0 aliphatic carbocycles. The predicted molar refractivity (Wildman–Crippen MR) is 120 cm³/mol. The molecule has 0 fully saturated rings. The summed E-state index contributed by atoms with van der Waals surface area (Å²) in [5.74, 6) is -0.746. The maximum absolute atomic E-state index is 13.5. The van der Waals surface area contributed by atoms with E-state index in [1.165, 1.54) is 4.90 Å². The summed E-state index contributed by atoms with van der Waals surface area (Å²) in [5.41, 5.74) is 2.97. The summed E-state index contributed by atoms with van der Waals surface area (Å²) in [5, 5.41) is 11.6. The van der Waals surface area contributed by atoms with Crippen LogP contribution in [0.15, 0.2) is 80.8 Å². The van der Waals surface area contributed by atoms with Crippen molar-refractivity contribution in [3.8, 4) is 0 Å². The number of rotatable bonds is 4. The van der Waals surface area contributed by atoms with Gasteiger partial charge >= 0.3 is 0 Å². The number of hydrogen-bond acceptors (Lipinski definition) is 5. The molecule has 1 amide bonds. The van der Waals surface area contributed by atoms with Gasteiger partial charge in [-0.2, -0.15) is 0 Å². The smallest absolute Gasteiger partial charge is 0.294 e. The van der Waals surface area contributed by atoms with Gasteiger partial charge in [0, 0.05) is 11.1 Å². The third-order valence-electron chi connectivity index (χ3n) is 5.62. The summed E-state index contributed by atoms with van der Waals surface area (Å²) < 4.78 is 11.6. The fourth-order valence-corrected chi connectivity index (χ4v) is 4.29. The number of aliphatic hydroxyl groups is 1. The highest BCUT2D eigenvalue weighted by Gasteiger charge is 2.47. The SMILES string of the molecule is Cc1cc(C)cc(N2C(=O)C(O)=C(C(=O)c3cc4ccccc4o3)C2c2ccc(C)o2)c1. The van der Waals surface area contributed by atoms with Crippen LogP contribution >= 0.6 is 0 Å². The molecule has 1 aliphatic rings. The summed E-state index contributed by atoms with van der Waals surface area (Å²) in [7, 11) is 0. The highest BCUT2D eigenvalue weighted by atomic mass is 16.4. The number of benzene rings is 2. The molecule has 2 aromatic heterocycles. The van der Waals surface area contributed by atoms with Gasteiger partial charge in [0.05, 0.1) is 5.57 Å². The number of anilines is 1. The minimum atomic E-state index is -0.918. The first-order chi connectivity index (χ1) is 15.3. The first-order valence-electron chi connectivity index (χ1n) is 10.3. The van der Waals surface area contributed by atoms with Crippen molar-refractivity contribution in [1.29, 1.82) is 0 Å². The van der Waals surface area contributed by atoms with Crippen molar-refractivity contribution in [3.63, 3.8) is 0 Å². The molecule has 6 nitrogen and oxygen atoms in total. The minimum Gasteiger partial charge on any atom is -0.503 e. The van der Waals surface area contributed by atoms with Crippen LogP contribution in [0.25, 0.3) is 11.0 Å². The average molecular weight is 427 g/mol. The number of nitrogens with zero attached hydrogens (tertiary/aromatic N) is 1. The van der Waals surface area contributed by atoms with E-state index >= 15 is 0 Å². The second kappa shape index (κ2) is 7.27. The van der Waals surface area contributed by atoms with Crippen LogP contribution in [0, 0.1) is 20.8 Å². The molecule has 0 saturated carbocycles. The van der Waals surface area contributed by atoms with Crippen molar-refractivity contribution in [3.05, 3.63) is 100 Å². The highest BCUT2D eigenvalue weighted by Crippen LogP contribution is 2.43. The number of fused-ring (bicyclic) bond motifs is 1. The lowest BCUT2D eigenvalue weighted by molar-refractivity contribution is -0.117. The number of ketones is 1. The molecule has 160 valence electrons. The second-order valence-electron chi connectivity index (χ2n) is 8.11. The van der Waals surface area contributed by atoms with Gasteiger partial charge in [0.1, 0.15) is 23.1 Å². The molecule has 2 aromatic carbocycles. The van der Waals surface area contributed by atoms with Gasteiger partial charge in [0.15, 0.2) is 11.5 Å². The Morgan fingerprint density at radius 3 is 2.31 bits per heavy atom. The first-order valence-corrected chi connectivity index (χ1v) is 10.3. The summed E-state index contributed by atoms with van der Waals surface area (Å²) in [6.07, 6.45) is 0. The van der Waals surface area contributed by atoms with E-state index in [4.69, 9.17) is 8.83 Å². The van der Waals surface area contributed by atoms with Crippen molar-refractivity contribution in [1.82, 2.24) is 0 Å². The van der Waals surface area contributed by atoms with Gasteiger partial charge in [-0.15, -0.1) is 0 Å². The lowest BCUT2D eigenvalue weighted by atomic mass is 9.99. The van der Waals surface area contributed by atoms with Gasteiger partial charge < -0.3 is 13.9 Å². The number of aryl methyl sites for hydroxylation is 3. The molecule has 32 heavy (non-hydrogen) atoms. The zero-order valence-corrected chi connectivity index (χ0v) is 17.9. The molecule has 0 spiro atoms. The molecule has 3 heterocycles. The number of Topliss-reactive ketones (excluding diaryl/α,β-unsaturated/α-hetero) is 1. The van der Waals surface area contributed by atoms with Gasteiger partial charge in [-0.05, 0) is 68.3 Å². The Morgan fingerprint density at radius 1 is 0.938 bits per heavy atom. The normalized spacial score (nSPS) is 16.4. The monoisotopic (exact) mass is 427 g/mol. The summed E-state index contributed by atoms with van der Waals surface area (Å²) >= 11 is 0. The van der Waals surface area contributed by atoms with Crippen molar-refractivity contribution in [2.24, 2.45) is 0 Å². The summed E-state index contributed by atoms with van der Waals surface area (Å²) in [6.45, 7) is 5.64. The van der Waals surface area contributed by atoms with Crippen LogP contribution in [0.4, 0.5) is 5.69 Å². The van der Waals surface area contributed by atoms with E-state index in [1.54, 1.807) is 31.2 Å². The maximum Gasteiger partial charge on any atom is 0.294 e. The third kappa shape index (κ3) is 3.12. The number of para-hydroxylation sites is 1. The highest BCUT2D eigenvalue weighted by molar-refractivity contribution is 6.20. The number of amides is 1. The first kappa shape index (κ1) is 19.9. The molecule has 1 N–H and O–H groups in total. The largest absolute Gasteiger partial charge is 0.503 e. The van der Waals surface area contributed by atoms with E-state index in [9.17, 15) is 14.7 Å². The van der Waals surface area contributed by atoms with Crippen molar-refractivity contribution in [2.45, 2.75) is 26.8 Å². The Kier molecular flexibility index (Phi) is 4.51. The summed E-state index contributed by atoms with van der Waals surface area (Å²) in [6, 6.07) is 17.1. The zero-order valence-electron chi connectivity index (χ0n) is 17.9. The van der Waals surface area contributed by atoms with Crippen LogP contribution in [0.2, 0.25) is 0 Å². The second-order valence-corrected chi connectivity index (χ2v) is 8.11. The maximum atomic E-state index is 13.5. The molecule has 0 radical (unpaired) electrons. The number of carbonyl (C=O) groups is 2. The third-order valence-corrected chi connectivity index (χ3v) is 5.62. The molecular formula is C26H21NO5. The Morgan fingerprint density at radius 2 is 1.66 bits per heavy atom. The van der Waals surface area contributed by atoms with Crippen LogP contribution in [0.1, 0.15) is 39.2 Å². The average Bonchev–Trinajstić information content (AvgIpc) is 3.43. The molecule has 0 bridgehead atoms. The van der Waals surface area contributed by atoms with Crippen LogP contribution in [-0.4, -0.2) is 16.8 Å². The molecule has 4 aromatic rings. The van der Waals surface area contributed by atoms with Crippen molar-refractivity contribution in [2.75, 3.05) is 4.90 Å². The van der Waals surface area contributed by atoms with Gasteiger partial charge in [-0.25, -0.2) is 0 Å². The zero-order chi connectivity index (χ0) is 22.6. The lowest BCUT2D eigenvalue weighted by Crippen LogP contribution is -2.31. The Labute approximate surface area is 184 Å². The molecule has 1 aliphatic heterocycles. The van der Waals surface area contributed by atoms with E-state index in [-0.39, 0.29) is 11.3 Å². The number of hydrogen-bond donors (Lipinski definition) is 1. The molecule has 5 rings (SSSR count). The molecular weight excluding hydrogens is 406 g/mol. The van der Waals surface area contributed by atoms with E-state index < -0.39 is 23.5 Å². The van der Waals surface area contributed by atoms with E-state index in [1.807, 2.05) is 50.2 Å².